The maximum absolute atomic E-state index is 5.30. The Morgan fingerprint density at radius 3 is 1.05 bits per heavy atom. The van der Waals surface area contributed by atoms with Crippen LogP contribution in [0.3, 0.4) is 0 Å². The Hall–Kier alpha value is -8.34. The first-order chi connectivity index (χ1) is 30.7. The van der Waals surface area contributed by atoms with Crippen LogP contribution >= 0.6 is 0 Å². The van der Waals surface area contributed by atoms with Crippen molar-refractivity contribution in [1.82, 2.24) is 19.1 Å². The summed E-state index contributed by atoms with van der Waals surface area (Å²) >= 11 is 0. The Labute approximate surface area is 359 Å². The lowest BCUT2D eigenvalue weighted by molar-refractivity contribution is 1.05. The summed E-state index contributed by atoms with van der Waals surface area (Å²) in [6, 6.07) is 82.3. The van der Waals surface area contributed by atoms with Crippen molar-refractivity contribution in [2.45, 2.75) is 0 Å². The van der Waals surface area contributed by atoms with Crippen molar-refractivity contribution in [3.8, 4) is 67.5 Å². The third kappa shape index (κ3) is 6.08. The summed E-state index contributed by atoms with van der Waals surface area (Å²) in [5.74, 6) is 1.51. The second-order valence-corrected chi connectivity index (χ2v) is 15.8. The second-order valence-electron chi connectivity index (χ2n) is 15.8. The van der Waals surface area contributed by atoms with Crippen LogP contribution in [0.25, 0.3) is 111 Å². The topological polar surface area (TPSA) is 35.6 Å². The standard InChI is InChI=1S/C58H38N4/c1-6-16-39(17-7-1)43-26-30-53-48(34-43)49-36-45(28-31-54(49)61(53)47-24-14-5-15-25-47)46-29-33-56-51(37-46)50-35-44(40-18-8-2-9-19-40)27-32-55(50)62(56)57-38-52(41-20-10-3-11-21-41)59-58(60-57)42-22-12-4-13-23-42/h1-38H. The van der Waals surface area contributed by atoms with Gasteiger partial charge in [-0.25, -0.2) is 9.97 Å². The first-order valence-electron chi connectivity index (χ1n) is 21.1. The van der Waals surface area contributed by atoms with E-state index in [0.717, 1.165) is 55.9 Å². The Bertz CT molecular complexity index is 3530. The van der Waals surface area contributed by atoms with Gasteiger partial charge in [0.05, 0.1) is 27.8 Å². The zero-order valence-electron chi connectivity index (χ0n) is 33.7. The molecule has 0 atom stereocenters. The Morgan fingerprint density at radius 2 is 0.613 bits per heavy atom. The van der Waals surface area contributed by atoms with Crippen LogP contribution in [-0.4, -0.2) is 19.1 Å². The molecular formula is C58H38N4. The molecule has 4 heteroatoms. The summed E-state index contributed by atoms with van der Waals surface area (Å²) in [5, 5.41) is 4.77. The minimum Gasteiger partial charge on any atom is -0.309 e. The van der Waals surface area contributed by atoms with Gasteiger partial charge in [-0.05, 0) is 94.0 Å². The SMILES string of the molecule is c1ccc(-c2ccc3c(c2)c2cc(-c4ccc5c(c4)c4cc(-c6ccccc6)ccc4n5-c4cc(-c5ccccc5)nc(-c5ccccc5)n4)ccc2n3-c2ccccc2)cc1. The molecule has 0 saturated heterocycles. The van der Waals surface area contributed by atoms with Crippen molar-refractivity contribution in [3.63, 3.8) is 0 Å². The molecule has 0 saturated carbocycles. The molecule has 0 N–H and O–H groups in total. The predicted octanol–water partition coefficient (Wildman–Crippen LogP) is 15.0. The third-order valence-corrected chi connectivity index (χ3v) is 12.1. The minimum absolute atomic E-state index is 0.688. The van der Waals surface area contributed by atoms with Crippen molar-refractivity contribution in [3.05, 3.63) is 231 Å². The molecule has 0 bridgehead atoms. The highest BCUT2D eigenvalue weighted by atomic mass is 15.1. The Kier molecular flexibility index (Phi) is 8.46. The van der Waals surface area contributed by atoms with Crippen molar-refractivity contribution in [2.75, 3.05) is 0 Å². The molecule has 4 nitrogen and oxygen atoms in total. The smallest absolute Gasteiger partial charge is 0.162 e. The molecular weight excluding hydrogens is 753 g/mol. The van der Waals surface area contributed by atoms with Crippen LogP contribution in [0.1, 0.15) is 0 Å². The summed E-state index contributed by atoms with van der Waals surface area (Å²) in [6.45, 7) is 0. The van der Waals surface area contributed by atoms with E-state index >= 15 is 0 Å². The maximum atomic E-state index is 5.30. The fourth-order valence-corrected chi connectivity index (χ4v) is 9.15. The highest BCUT2D eigenvalue weighted by Crippen LogP contribution is 2.41. The van der Waals surface area contributed by atoms with E-state index in [9.17, 15) is 0 Å². The molecule has 0 unspecified atom stereocenters. The van der Waals surface area contributed by atoms with Crippen LogP contribution in [0.4, 0.5) is 0 Å². The zero-order chi connectivity index (χ0) is 41.0. The molecule has 3 aromatic heterocycles. The molecule has 0 radical (unpaired) electrons. The minimum atomic E-state index is 0.688. The largest absolute Gasteiger partial charge is 0.309 e. The first kappa shape index (κ1) is 35.6. The lowest BCUT2D eigenvalue weighted by atomic mass is 9.98. The van der Waals surface area contributed by atoms with Gasteiger partial charge in [0.2, 0.25) is 0 Å². The van der Waals surface area contributed by atoms with E-state index in [1.165, 1.54) is 49.4 Å². The summed E-state index contributed by atoms with van der Waals surface area (Å²) in [4.78, 5) is 10.4. The molecule has 3 heterocycles. The first-order valence-corrected chi connectivity index (χ1v) is 21.1. The van der Waals surface area contributed by atoms with E-state index in [-0.39, 0.29) is 0 Å². The number of aromatic nitrogens is 4. The van der Waals surface area contributed by atoms with Gasteiger partial charge in [0.1, 0.15) is 5.82 Å². The number of para-hydroxylation sites is 1. The van der Waals surface area contributed by atoms with E-state index in [1.807, 2.05) is 24.3 Å². The number of fused-ring (bicyclic) bond motifs is 6. The van der Waals surface area contributed by atoms with Gasteiger partial charge in [-0.2, -0.15) is 0 Å². The normalized spacial score (nSPS) is 11.5. The fourth-order valence-electron chi connectivity index (χ4n) is 9.15. The summed E-state index contributed by atoms with van der Waals surface area (Å²) < 4.78 is 4.70. The molecule has 0 aliphatic heterocycles. The summed E-state index contributed by atoms with van der Waals surface area (Å²) in [7, 11) is 0. The lowest BCUT2D eigenvalue weighted by Crippen LogP contribution is -2.02. The van der Waals surface area contributed by atoms with Crippen molar-refractivity contribution in [2.24, 2.45) is 0 Å². The predicted molar refractivity (Wildman–Crippen MR) is 258 cm³/mol. The van der Waals surface area contributed by atoms with E-state index in [1.54, 1.807) is 0 Å². The highest BCUT2D eigenvalue weighted by molar-refractivity contribution is 6.14. The zero-order valence-corrected chi connectivity index (χ0v) is 33.7. The summed E-state index contributed by atoms with van der Waals surface area (Å²) in [5.41, 5.74) is 15.7. The molecule has 290 valence electrons. The van der Waals surface area contributed by atoms with E-state index in [0.29, 0.717) is 5.82 Å². The van der Waals surface area contributed by atoms with Crippen LogP contribution in [0.5, 0.6) is 0 Å². The van der Waals surface area contributed by atoms with Crippen molar-refractivity contribution >= 4 is 43.6 Å². The molecule has 12 aromatic rings. The van der Waals surface area contributed by atoms with Gasteiger partial charge in [-0.1, -0.05) is 164 Å². The number of benzene rings is 9. The van der Waals surface area contributed by atoms with E-state index < -0.39 is 0 Å². The quantitative estimate of drug-likeness (QED) is 0.161. The molecule has 0 spiro atoms. The Balaban J connectivity index is 1.09. The molecule has 12 rings (SSSR count). The van der Waals surface area contributed by atoms with Crippen LogP contribution < -0.4 is 0 Å². The van der Waals surface area contributed by atoms with E-state index in [4.69, 9.17) is 9.97 Å². The van der Waals surface area contributed by atoms with Gasteiger partial charge in [0, 0.05) is 44.4 Å². The molecule has 9 aromatic carbocycles. The van der Waals surface area contributed by atoms with Crippen LogP contribution in [0, 0.1) is 0 Å². The maximum Gasteiger partial charge on any atom is 0.162 e. The molecule has 0 aliphatic carbocycles. The number of hydrogen-bond acceptors (Lipinski definition) is 2. The molecule has 62 heavy (non-hydrogen) atoms. The average Bonchev–Trinajstić information content (AvgIpc) is 3.86. The monoisotopic (exact) mass is 790 g/mol. The number of nitrogens with zero attached hydrogens (tertiary/aromatic N) is 4. The fraction of sp³-hybridized carbons (Fsp3) is 0. The van der Waals surface area contributed by atoms with Gasteiger partial charge in [-0.3, -0.25) is 4.57 Å². The van der Waals surface area contributed by atoms with Gasteiger partial charge in [0.15, 0.2) is 5.82 Å². The average molecular weight is 791 g/mol. The van der Waals surface area contributed by atoms with Crippen molar-refractivity contribution in [1.29, 1.82) is 0 Å². The van der Waals surface area contributed by atoms with Gasteiger partial charge < -0.3 is 4.57 Å². The van der Waals surface area contributed by atoms with Gasteiger partial charge in [0.25, 0.3) is 0 Å². The van der Waals surface area contributed by atoms with Crippen LogP contribution in [0.15, 0.2) is 231 Å². The van der Waals surface area contributed by atoms with Gasteiger partial charge >= 0.3 is 0 Å². The highest BCUT2D eigenvalue weighted by Gasteiger charge is 2.20. The third-order valence-electron chi connectivity index (χ3n) is 12.1. The van der Waals surface area contributed by atoms with Crippen LogP contribution in [0.2, 0.25) is 0 Å². The lowest BCUT2D eigenvalue weighted by Gasteiger charge is -2.12. The molecule has 0 fully saturated rings. The number of hydrogen-bond donors (Lipinski definition) is 0. The van der Waals surface area contributed by atoms with E-state index in [2.05, 4.69) is 215 Å². The summed E-state index contributed by atoms with van der Waals surface area (Å²) in [6.07, 6.45) is 0. The second kappa shape index (κ2) is 14.7. The van der Waals surface area contributed by atoms with Crippen molar-refractivity contribution < 1.29 is 0 Å². The van der Waals surface area contributed by atoms with Crippen LogP contribution in [-0.2, 0) is 0 Å². The molecule has 0 aliphatic rings. The van der Waals surface area contributed by atoms with Gasteiger partial charge in [-0.15, -0.1) is 0 Å². The molecule has 0 amide bonds. The Morgan fingerprint density at radius 1 is 0.258 bits per heavy atom. The number of rotatable bonds is 7.